The summed E-state index contributed by atoms with van der Waals surface area (Å²) in [5.41, 5.74) is 7.25. The van der Waals surface area contributed by atoms with Crippen molar-refractivity contribution in [1.29, 1.82) is 0 Å². The van der Waals surface area contributed by atoms with Crippen molar-refractivity contribution in [3.8, 4) is 0 Å². The van der Waals surface area contributed by atoms with Crippen molar-refractivity contribution < 1.29 is 4.39 Å². The smallest absolute Gasteiger partial charge is 0.177 e. The maximum absolute atomic E-state index is 12.9. The fourth-order valence-corrected chi connectivity index (χ4v) is 2.24. The lowest BCUT2D eigenvalue weighted by atomic mass is 10.1. The molecule has 1 heterocycles. The van der Waals surface area contributed by atoms with Crippen molar-refractivity contribution in [3.05, 3.63) is 28.9 Å². The van der Waals surface area contributed by atoms with Crippen LogP contribution in [0.1, 0.15) is 5.56 Å². The molecular weight excluding hydrogens is 209 g/mol. The number of alkyl halides is 1. The van der Waals surface area contributed by atoms with Gasteiger partial charge >= 0.3 is 0 Å². The number of halogens is 2. The molecule has 0 aliphatic carbocycles. The Labute approximate surface area is 83.9 Å². The van der Waals surface area contributed by atoms with Gasteiger partial charge in [0.1, 0.15) is 0 Å². The SMILES string of the molecule is Nc1cc(CCl)cc2cc(F)sc12. The third-order valence-corrected chi connectivity index (χ3v) is 3.13. The van der Waals surface area contributed by atoms with Crippen LogP contribution in [0, 0.1) is 5.13 Å². The molecule has 0 aliphatic heterocycles. The highest BCUT2D eigenvalue weighted by Crippen LogP contribution is 2.31. The lowest BCUT2D eigenvalue weighted by molar-refractivity contribution is 0.658. The Morgan fingerprint density at radius 1 is 1.38 bits per heavy atom. The van der Waals surface area contributed by atoms with Gasteiger partial charge in [-0.3, -0.25) is 0 Å². The maximum Gasteiger partial charge on any atom is 0.177 e. The molecule has 0 fully saturated rings. The van der Waals surface area contributed by atoms with E-state index in [0.717, 1.165) is 27.0 Å². The fraction of sp³-hybridized carbons (Fsp3) is 0.111. The number of nitrogens with two attached hydrogens (primary N) is 1. The first kappa shape index (κ1) is 8.78. The minimum atomic E-state index is -0.214. The van der Waals surface area contributed by atoms with Gasteiger partial charge in [0, 0.05) is 11.6 Å². The van der Waals surface area contributed by atoms with Crippen LogP contribution in [0.2, 0.25) is 0 Å². The van der Waals surface area contributed by atoms with Crippen molar-refractivity contribution in [1.82, 2.24) is 0 Å². The topological polar surface area (TPSA) is 26.0 Å². The Kier molecular flexibility index (Phi) is 2.14. The average Bonchev–Trinajstić information content (AvgIpc) is 2.46. The van der Waals surface area contributed by atoms with Crippen LogP contribution in [0.15, 0.2) is 18.2 Å². The Morgan fingerprint density at radius 3 is 2.85 bits per heavy atom. The molecule has 4 heteroatoms. The van der Waals surface area contributed by atoms with E-state index >= 15 is 0 Å². The summed E-state index contributed by atoms with van der Waals surface area (Å²) < 4.78 is 13.7. The predicted molar refractivity (Wildman–Crippen MR) is 55.8 cm³/mol. The zero-order valence-electron chi connectivity index (χ0n) is 6.68. The van der Waals surface area contributed by atoms with E-state index in [2.05, 4.69) is 0 Å². The van der Waals surface area contributed by atoms with Gasteiger partial charge in [0.15, 0.2) is 5.13 Å². The minimum Gasteiger partial charge on any atom is -0.398 e. The Bertz CT molecular complexity index is 452. The monoisotopic (exact) mass is 215 g/mol. The summed E-state index contributed by atoms with van der Waals surface area (Å²) in [4.78, 5) is 0. The van der Waals surface area contributed by atoms with E-state index < -0.39 is 0 Å². The summed E-state index contributed by atoms with van der Waals surface area (Å²) in [7, 11) is 0. The molecule has 1 aromatic heterocycles. The summed E-state index contributed by atoms with van der Waals surface area (Å²) in [6.07, 6.45) is 0. The third kappa shape index (κ3) is 1.49. The lowest BCUT2D eigenvalue weighted by Gasteiger charge is -1.99. The van der Waals surface area contributed by atoms with E-state index in [1.807, 2.05) is 6.07 Å². The summed E-state index contributed by atoms with van der Waals surface area (Å²) in [6, 6.07) is 5.12. The molecule has 1 nitrogen and oxygen atoms in total. The van der Waals surface area contributed by atoms with E-state index in [0.29, 0.717) is 11.6 Å². The first-order valence-corrected chi connectivity index (χ1v) is 5.09. The number of hydrogen-bond acceptors (Lipinski definition) is 2. The molecule has 0 unspecified atom stereocenters. The lowest BCUT2D eigenvalue weighted by Crippen LogP contribution is -1.86. The molecule has 0 atom stereocenters. The van der Waals surface area contributed by atoms with E-state index in [1.54, 1.807) is 6.07 Å². The number of anilines is 1. The second-order valence-corrected chi connectivity index (χ2v) is 4.06. The van der Waals surface area contributed by atoms with Gasteiger partial charge in [0.2, 0.25) is 0 Å². The largest absolute Gasteiger partial charge is 0.398 e. The Hall–Kier alpha value is -0.800. The van der Waals surface area contributed by atoms with Gasteiger partial charge in [0.25, 0.3) is 0 Å². The highest BCUT2D eigenvalue weighted by Gasteiger charge is 2.05. The van der Waals surface area contributed by atoms with E-state index in [4.69, 9.17) is 17.3 Å². The van der Waals surface area contributed by atoms with Gasteiger partial charge in [-0.25, -0.2) is 0 Å². The number of rotatable bonds is 1. The number of hydrogen-bond donors (Lipinski definition) is 1. The molecule has 2 N–H and O–H groups in total. The van der Waals surface area contributed by atoms with Crippen LogP contribution in [-0.2, 0) is 5.88 Å². The Morgan fingerprint density at radius 2 is 2.15 bits per heavy atom. The average molecular weight is 216 g/mol. The maximum atomic E-state index is 12.9. The normalized spacial score (nSPS) is 10.9. The number of nitrogen functional groups attached to an aromatic ring is 1. The number of fused-ring (bicyclic) bond motifs is 1. The van der Waals surface area contributed by atoms with Crippen molar-refractivity contribution in [3.63, 3.8) is 0 Å². The van der Waals surface area contributed by atoms with E-state index in [1.165, 1.54) is 6.07 Å². The highest BCUT2D eigenvalue weighted by atomic mass is 35.5. The second kappa shape index (κ2) is 3.16. The zero-order chi connectivity index (χ0) is 9.42. The van der Waals surface area contributed by atoms with Gasteiger partial charge in [-0.05, 0) is 29.1 Å². The number of thiophene rings is 1. The molecule has 0 saturated carbocycles. The molecule has 2 rings (SSSR count). The first-order valence-electron chi connectivity index (χ1n) is 3.74. The summed E-state index contributed by atoms with van der Waals surface area (Å²) >= 11 is 6.72. The molecule has 0 amide bonds. The predicted octanol–water partition coefficient (Wildman–Crippen LogP) is 3.36. The molecule has 0 spiro atoms. The van der Waals surface area contributed by atoms with Crippen LogP contribution in [-0.4, -0.2) is 0 Å². The third-order valence-electron chi connectivity index (χ3n) is 1.83. The van der Waals surface area contributed by atoms with Crippen molar-refractivity contribution >= 4 is 38.7 Å². The quantitative estimate of drug-likeness (QED) is 0.573. The molecule has 0 bridgehead atoms. The molecular formula is C9H7ClFNS. The molecule has 0 radical (unpaired) electrons. The molecule has 1 aromatic carbocycles. The molecule has 0 saturated heterocycles. The number of benzene rings is 1. The molecule has 0 aliphatic rings. The first-order chi connectivity index (χ1) is 6.20. The van der Waals surface area contributed by atoms with Crippen LogP contribution >= 0.6 is 22.9 Å². The van der Waals surface area contributed by atoms with Gasteiger partial charge in [-0.1, -0.05) is 0 Å². The van der Waals surface area contributed by atoms with Crippen LogP contribution in [0.25, 0.3) is 10.1 Å². The van der Waals surface area contributed by atoms with Crippen molar-refractivity contribution in [2.75, 3.05) is 5.73 Å². The van der Waals surface area contributed by atoms with Crippen LogP contribution in [0.5, 0.6) is 0 Å². The van der Waals surface area contributed by atoms with Gasteiger partial charge in [-0.15, -0.1) is 22.9 Å². The standard InChI is InChI=1S/C9H7ClFNS/c10-4-5-1-6-3-8(11)13-9(6)7(12)2-5/h1-3H,4,12H2. The van der Waals surface area contributed by atoms with Gasteiger partial charge in [0.05, 0.1) is 4.70 Å². The summed E-state index contributed by atoms with van der Waals surface area (Å²) in [5, 5.41) is 0.617. The molecule has 13 heavy (non-hydrogen) atoms. The van der Waals surface area contributed by atoms with Crippen LogP contribution in [0.3, 0.4) is 0 Å². The molecule has 2 aromatic rings. The minimum absolute atomic E-state index is 0.214. The van der Waals surface area contributed by atoms with E-state index in [-0.39, 0.29) is 5.13 Å². The van der Waals surface area contributed by atoms with Crippen molar-refractivity contribution in [2.24, 2.45) is 0 Å². The fourth-order valence-electron chi connectivity index (χ4n) is 1.29. The van der Waals surface area contributed by atoms with Gasteiger partial charge in [-0.2, -0.15) is 4.39 Å². The Balaban J connectivity index is 2.75. The van der Waals surface area contributed by atoms with Crippen LogP contribution < -0.4 is 5.73 Å². The summed E-state index contributed by atoms with van der Waals surface area (Å²) in [6.45, 7) is 0. The zero-order valence-corrected chi connectivity index (χ0v) is 8.25. The highest BCUT2D eigenvalue weighted by molar-refractivity contribution is 7.18. The van der Waals surface area contributed by atoms with Gasteiger partial charge < -0.3 is 5.73 Å². The van der Waals surface area contributed by atoms with Crippen molar-refractivity contribution in [2.45, 2.75) is 5.88 Å². The summed E-state index contributed by atoms with van der Waals surface area (Å²) in [5.74, 6) is 0.400. The van der Waals surface area contributed by atoms with E-state index in [9.17, 15) is 4.39 Å². The molecule has 68 valence electrons. The second-order valence-electron chi connectivity index (χ2n) is 2.79. The van der Waals surface area contributed by atoms with Crippen LogP contribution in [0.4, 0.5) is 10.1 Å².